The molecule has 0 aliphatic carbocycles. The number of Topliss-reactive ketones (excluding diaryl/α,β-unsaturated/α-hetero) is 1. The van der Waals surface area contributed by atoms with E-state index in [0.29, 0.717) is 12.3 Å². The summed E-state index contributed by atoms with van der Waals surface area (Å²) in [7, 11) is 0. The van der Waals surface area contributed by atoms with E-state index in [0.717, 1.165) is 5.75 Å². The molecule has 0 spiro atoms. The van der Waals surface area contributed by atoms with Gasteiger partial charge in [0.15, 0.2) is 0 Å². The maximum Gasteiger partial charge on any atom is 0.217 e. The summed E-state index contributed by atoms with van der Waals surface area (Å²) in [6.45, 7) is 3.05. The van der Waals surface area contributed by atoms with E-state index in [2.05, 4.69) is 5.32 Å². The standard InChI is InChI=1S/C7H13NO2S/c1-6(9)3-4-11-5-8-7(2)10/h3-5H2,1-2H3,(H,8,10). The molecule has 0 unspecified atom stereocenters. The first-order chi connectivity index (χ1) is 5.13. The van der Waals surface area contributed by atoms with E-state index >= 15 is 0 Å². The van der Waals surface area contributed by atoms with E-state index in [1.807, 2.05) is 0 Å². The van der Waals surface area contributed by atoms with Crippen LogP contribution < -0.4 is 5.32 Å². The molecule has 0 rings (SSSR count). The highest BCUT2D eigenvalue weighted by molar-refractivity contribution is 7.99. The summed E-state index contributed by atoms with van der Waals surface area (Å²) in [4.78, 5) is 20.8. The minimum absolute atomic E-state index is 0.0275. The number of carbonyl (C=O) groups is 2. The maximum atomic E-state index is 10.4. The molecule has 0 aliphatic rings. The molecule has 1 N–H and O–H groups in total. The second-order valence-electron chi connectivity index (χ2n) is 2.24. The van der Waals surface area contributed by atoms with Gasteiger partial charge in [-0.3, -0.25) is 9.59 Å². The van der Waals surface area contributed by atoms with Gasteiger partial charge in [0.05, 0.1) is 5.88 Å². The van der Waals surface area contributed by atoms with Crippen LogP contribution in [0.25, 0.3) is 0 Å². The molecule has 0 saturated carbocycles. The third-order valence-electron chi connectivity index (χ3n) is 1.02. The molecule has 3 nitrogen and oxygen atoms in total. The molecule has 0 fully saturated rings. The molecule has 0 aromatic heterocycles. The van der Waals surface area contributed by atoms with Gasteiger partial charge in [-0.1, -0.05) is 0 Å². The Bertz CT molecular complexity index is 131. The number of rotatable bonds is 5. The number of amides is 1. The Morgan fingerprint density at radius 2 is 2.00 bits per heavy atom. The summed E-state index contributed by atoms with van der Waals surface area (Å²) in [6.07, 6.45) is 0.588. The molecule has 0 bridgehead atoms. The smallest absolute Gasteiger partial charge is 0.217 e. The highest BCUT2D eigenvalue weighted by Gasteiger charge is 1.93. The van der Waals surface area contributed by atoms with Crippen LogP contribution in [0, 0.1) is 0 Å². The minimum atomic E-state index is -0.0275. The lowest BCUT2D eigenvalue weighted by Crippen LogP contribution is -2.19. The number of thioether (sulfide) groups is 1. The molecule has 4 heteroatoms. The van der Waals surface area contributed by atoms with Crippen molar-refractivity contribution in [3.63, 3.8) is 0 Å². The van der Waals surface area contributed by atoms with E-state index < -0.39 is 0 Å². The molecule has 0 heterocycles. The van der Waals surface area contributed by atoms with E-state index in [4.69, 9.17) is 0 Å². The average Bonchev–Trinajstić information content (AvgIpc) is 1.85. The van der Waals surface area contributed by atoms with Crippen molar-refractivity contribution in [1.29, 1.82) is 0 Å². The summed E-state index contributed by atoms with van der Waals surface area (Å²) in [6, 6.07) is 0. The van der Waals surface area contributed by atoms with Gasteiger partial charge in [0.1, 0.15) is 5.78 Å². The highest BCUT2D eigenvalue weighted by Crippen LogP contribution is 1.99. The highest BCUT2D eigenvalue weighted by atomic mass is 32.2. The van der Waals surface area contributed by atoms with Crippen LogP contribution in [-0.2, 0) is 9.59 Å². The van der Waals surface area contributed by atoms with Gasteiger partial charge in [-0.2, -0.15) is 0 Å². The van der Waals surface area contributed by atoms with Crippen molar-refractivity contribution in [3.8, 4) is 0 Å². The minimum Gasteiger partial charge on any atom is -0.347 e. The van der Waals surface area contributed by atoms with Gasteiger partial charge in [0.2, 0.25) is 5.91 Å². The lowest BCUT2D eigenvalue weighted by atomic mass is 10.4. The fraction of sp³-hybridized carbons (Fsp3) is 0.714. The van der Waals surface area contributed by atoms with Crippen LogP contribution in [0.15, 0.2) is 0 Å². The summed E-state index contributed by atoms with van der Waals surface area (Å²) < 4.78 is 0. The third kappa shape index (κ3) is 9.49. The van der Waals surface area contributed by atoms with Gasteiger partial charge in [-0.25, -0.2) is 0 Å². The van der Waals surface area contributed by atoms with Gasteiger partial charge < -0.3 is 5.32 Å². The number of carbonyl (C=O) groups excluding carboxylic acids is 2. The lowest BCUT2D eigenvalue weighted by Gasteiger charge is -1.99. The van der Waals surface area contributed by atoms with E-state index in [1.54, 1.807) is 18.7 Å². The molecular formula is C7H13NO2S. The molecule has 0 atom stereocenters. The van der Waals surface area contributed by atoms with Crippen molar-refractivity contribution in [3.05, 3.63) is 0 Å². The van der Waals surface area contributed by atoms with Gasteiger partial charge >= 0.3 is 0 Å². The second-order valence-corrected chi connectivity index (χ2v) is 3.34. The fourth-order valence-corrected chi connectivity index (χ4v) is 1.32. The number of nitrogens with one attached hydrogen (secondary N) is 1. The summed E-state index contributed by atoms with van der Waals surface area (Å²) in [5.41, 5.74) is 0. The van der Waals surface area contributed by atoms with Crippen LogP contribution in [0.3, 0.4) is 0 Å². The van der Waals surface area contributed by atoms with Crippen LogP contribution in [0.5, 0.6) is 0 Å². The normalized spacial score (nSPS) is 9.27. The Balaban J connectivity index is 3.03. The molecule has 64 valence electrons. The molecule has 0 aromatic carbocycles. The van der Waals surface area contributed by atoms with Crippen molar-refractivity contribution in [1.82, 2.24) is 5.32 Å². The van der Waals surface area contributed by atoms with E-state index in [1.165, 1.54) is 6.92 Å². The quantitative estimate of drug-likeness (QED) is 0.496. The topological polar surface area (TPSA) is 46.2 Å². The van der Waals surface area contributed by atoms with Crippen molar-refractivity contribution in [2.45, 2.75) is 20.3 Å². The molecule has 11 heavy (non-hydrogen) atoms. The lowest BCUT2D eigenvalue weighted by molar-refractivity contribution is -0.118. The molecule has 1 amide bonds. The largest absolute Gasteiger partial charge is 0.347 e. The zero-order chi connectivity index (χ0) is 8.69. The molecular weight excluding hydrogens is 162 g/mol. The molecule has 0 aromatic rings. The van der Waals surface area contributed by atoms with Crippen LogP contribution in [0.1, 0.15) is 20.3 Å². The summed E-state index contributed by atoms with van der Waals surface area (Å²) in [5, 5.41) is 2.63. The first kappa shape index (κ1) is 10.5. The number of hydrogen-bond donors (Lipinski definition) is 1. The first-order valence-corrected chi connectivity index (χ1v) is 4.60. The van der Waals surface area contributed by atoms with Crippen LogP contribution in [-0.4, -0.2) is 23.3 Å². The number of hydrogen-bond acceptors (Lipinski definition) is 3. The second kappa shape index (κ2) is 6.22. The van der Waals surface area contributed by atoms with Crippen LogP contribution >= 0.6 is 11.8 Å². The monoisotopic (exact) mass is 175 g/mol. The zero-order valence-corrected chi connectivity index (χ0v) is 7.66. The predicted octanol–water partition coefficient (Wildman–Crippen LogP) is 0.792. The van der Waals surface area contributed by atoms with Crippen molar-refractivity contribution in [2.24, 2.45) is 0 Å². The van der Waals surface area contributed by atoms with Crippen molar-refractivity contribution >= 4 is 23.5 Å². The summed E-state index contributed by atoms with van der Waals surface area (Å²) >= 11 is 1.56. The van der Waals surface area contributed by atoms with E-state index in [9.17, 15) is 9.59 Å². The molecule has 0 saturated heterocycles. The molecule has 0 radical (unpaired) electrons. The Morgan fingerprint density at radius 3 is 2.45 bits per heavy atom. The third-order valence-corrected chi connectivity index (χ3v) is 1.86. The Morgan fingerprint density at radius 1 is 1.36 bits per heavy atom. The Hall–Kier alpha value is -0.510. The van der Waals surface area contributed by atoms with Gasteiger partial charge in [0, 0.05) is 19.1 Å². The van der Waals surface area contributed by atoms with Gasteiger partial charge in [-0.15, -0.1) is 11.8 Å². The fourth-order valence-electron chi connectivity index (χ4n) is 0.441. The van der Waals surface area contributed by atoms with Crippen molar-refractivity contribution in [2.75, 3.05) is 11.6 Å². The Kier molecular flexibility index (Phi) is 5.93. The van der Waals surface area contributed by atoms with Gasteiger partial charge in [-0.05, 0) is 6.92 Å². The number of ketones is 1. The molecule has 0 aliphatic heterocycles. The average molecular weight is 175 g/mol. The predicted molar refractivity (Wildman–Crippen MR) is 46.4 cm³/mol. The van der Waals surface area contributed by atoms with E-state index in [-0.39, 0.29) is 11.7 Å². The zero-order valence-electron chi connectivity index (χ0n) is 6.85. The van der Waals surface area contributed by atoms with Crippen LogP contribution in [0.4, 0.5) is 0 Å². The SMILES string of the molecule is CC(=O)CCSCNC(C)=O. The van der Waals surface area contributed by atoms with Crippen molar-refractivity contribution < 1.29 is 9.59 Å². The first-order valence-electron chi connectivity index (χ1n) is 3.44. The maximum absolute atomic E-state index is 10.4. The summed E-state index contributed by atoms with van der Waals surface area (Å²) in [5.74, 6) is 1.55. The van der Waals surface area contributed by atoms with Crippen LogP contribution in [0.2, 0.25) is 0 Å². The Labute approximate surface area is 70.9 Å². The van der Waals surface area contributed by atoms with Gasteiger partial charge in [0.25, 0.3) is 0 Å².